The van der Waals surface area contributed by atoms with Crippen LogP contribution < -0.4 is 10.1 Å². The predicted molar refractivity (Wildman–Crippen MR) is 97.0 cm³/mol. The van der Waals surface area contributed by atoms with Crippen LogP contribution in [0.25, 0.3) is 0 Å². The maximum absolute atomic E-state index is 12.5. The van der Waals surface area contributed by atoms with Crippen LogP contribution >= 0.6 is 0 Å². The number of urea groups is 1. The van der Waals surface area contributed by atoms with E-state index in [-0.39, 0.29) is 6.03 Å². The maximum atomic E-state index is 12.5. The Morgan fingerprint density at radius 2 is 1.88 bits per heavy atom. The zero-order valence-corrected chi connectivity index (χ0v) is 14.8. The highest BCUT2D eigenvalue weighted by molar-refractivity contribution is 5.89. The van der Waals surface area contributed by atoms with E-state index >= 15 is 0 Å². The van der Waals surface area contributed by atoms with Crippen molar-refractivity contribution in [1.82, 2.24) is 4.90 Å². The van der Waals surface area contributed by atoms with Gasteiger partial charge in [-0.05, 0) is 69.2 Å². The lowest BCUT2D eigenvalue weighted by molar-refractivity contribution is -0.0578. The molecular formula is C20H28N2O3. The van der Waals surface area contributed by atoms with Gasteiger partial charge >= 0.3 is 6.03 Å². The Bertz CT molecular complexity index is 583. The van der Waals surface area contributed by atoms with Crippen LogP contribution in [0.3, 0.4) is 0 Å². The molecule has 1 saturated carbocycles. The van der Waals surface area contributed by atoms with E-state index in [9.17, 15) is 4.79 Å². The fraction of sp³-hybridized carbons (Fsp3) is 0.650. The minimum atomic E-state index is -0.00603. The second kappa shape index (κ2) is 7.65. The smallest absolute Gasteiger partial charge is 0.321 e. The lowest BCUT2D eigenvalue weighted by atomic mass is 9.89. The number of piperidine rings is 1. The zero-order valence-electron chi connectivity index (χ0n) is 14.8. The van der Waals surface area contributed by atoms with Crippen LogP contribution in [0.15, 0.2) is 24.3 Å². The van der Waals surface area contributed by atoms with Crippen LogP contribution in [-0.2, 0) is 4.74 Å². The van der Waals surface area contributed by atoms with Gasteiger partial charge in [0.25, 0.3) is 0 Å². The number of ether oxygens (including phenoxy) is 2. The van der Waals surface area contributed by atoms with Crippen molar-refractivity contribution in [3.8, 4) is 5.75 Å². The first-order chi connectivity index (χ1) is 12.3. The standard InChI is InChI=1S/C20H28N2O3/c23-20(22-12-11-19-15(14-22)4-3-13-24-19)21-16-7-9-18(10-8-16)25-17-5-1-2-6-17/h7-10,15,17,19H,1-6,11-14H2,(H,21,23)/t15-,19-/m0/s1. The van der Waals surface area contributed by atoms with Crippen molar-refractivity contribution >= 4 is 11.7 Å². The van der Waals surface area contributed by atoms with Crippen LogP contribution in [0.1, 0.15) is 44.9 Å². The number of hydrogen-bond donors (Lipinski definition) is 1. The number of nitrogens with one attached hydrogen (secondary N) is 1. The average Bonchev–Trinajstić information content (AvgIpc) is 3.16. The van der Waals surface area contributed by atoms with Crippen molar-refractivity contribution in [3.63, 3.8) is 0 Å². The number of nitrogens with zero attached hydrogens (tertiary/aromatic N) is 1. The minimum Gasteiger partial charge on any atom is -0.490 e. The van der Waals surface area contributed by atoms with Crippen molar-refractivity contribution in [3.05, 3.63) is 24.3 Å². The van der Waals surface area contributed by atoms with Crippen molar-refractivity contribution in [2.45, 2.75) is 57.2 Å². The van der Waals surface area contributed by atoms with Crippen LogP contribution in [0.4, 0.5) is 10.5 Å². The molecular weight excluding hydrogens is 316 g/mol. The molecule has 0 bridgehead atoms. The van der Waals surface area contributed by atoms with Gasteiger partial charge in [0.05, 0.1) is 12.2 Å². The van der Waals surface area contributed by atoms with E-state index in [4.69, 9.17) is 9.47 Å². The summed E-state index contributed by atoms with van der Waals surface area (Å²) in [4.78, 5) is 14.5. The summed E-state index contributed by atoms with van der Waals surface area (Å²) in [7, 11) is 0. The van der Waals surface area contributed by atoms with Gasteiger partial charge in [-0.2, -0.15) is 0 Å². The third-order valence-electron chi connectivity index (χ3n) is 5.71. The number of anilines is 1. The summed E-state index contributed by atoms with van der Waals surface area (Å²) < 4.78 is 11.8. The Morgan fingerprint density at radius 3 is 2.68 bits per heavy atom. The fourth-order valence-corrected chi connectivity index (χ4v) is 4.29. The van der Waals surface area contributed by atoms with Gasteiger partial charge in [-0.15, -0.1) is 0 Å². The molecule has 2 heterocycles. The average molecular weight is 344 g/mol. The number of hydrogen-bond acceptors (Lipinski definition) is 3. The molecule has 1 aliphatic carbocycles. The Kier molecular flexibility index (Phi) is 5.11. The highest BCUT2D eigenvalue weighted by Crippen LogP contribution is 2.29. The first-order valence-electron chi connectivity index (χ1n) is 9.72. The van der Waals surface area contributed by atoms with E-state index in [1.54, 1.807) is 0 Å². The molecule has 136 valence electrons. The lowest BCUT2D eigenvalue weighted by Crippen LogP contribution is -2.49. The summed E-state index contributed by atoms with van der Waals surface area (Å²) in [6, 6.07) is 7.76. The van der Waals surface area contributed by atoms with Gasteiger partial charge in [-0.1, -0.05) is 0 Å². The highest BCUT2D eigenvalue weighted by Gasteiger charge is 2.33. The number of benzene rings is 1. The second-order valence-corrected chi connectivity index (χ2v) is 7.53. The maximum Gasteiger partial charge on any atom is 0.321 e. The summed E-state index contributed by atoms with van der Waals surface area (Å²) in [5.74, 6) is 1.39. The van der Waals surface area contributed by atoms with Crippen LogP contribution in [0.5, 0.6) is 5.75 Å². The van der Waals surface area contributed by atoms with Crippen LogP contribution in [0, 0.1) is 5.92 Å². The molecule has 0 radical (unpaired) electrons. The Morgan fingerprint density at radius 1 is 1.08 bits per heavy atom. The monoisotopic (exact) mass is 344 g/mol. The van der Waals surface area contributed by atoms with E-state index in [2.05, 4.69) is 5.32 Å². The van der Waals surface area contributed by atoms with Crippen molar-refractivity contribution in [2.24, 2.45) is 5.92 Å². The summed E-state index contributed by atoms with van der Waals surface area (Å²) in [6.45, 7) is 2.46. The van der Waals surface area contributed by atoms with Crippen LogP contribution in [-0.4, -0.2) is 42.8 Å². The molecule has 5 heteroatoms. The second-order valence-electron chi connectivity index (χ2n) is 7.53. The Balaban J connectivity index is 1.29. The summed E-state index contributed by atoms with van der Waals surface area (Å²) in [5, 5.41) is 3.02. The summed E-state index contributed by atoms with van der Waals surface area (Å²) in [5.41, 5.74) is 0.825. The van der Waals surface area contributed by atoms with Crippen molar-refractivity contribution in [2.75, 3.05) is 25.0 Å². The third kappa shape index (κ3) is 4.09. The highest BCUT2D eigenvalue weighted by atomic mass is 16.5. The fourth-order valence-electron chi connectivity index (χ4n) is 4.29. The molecule has 4 rings (SSSR count). The van der Waals surface area contributed by atoms with Gasteiger partial charge in [0, 0.05) is 31.3 Å². The van der Waals surface area contributed by atoms with E-state index in [0.29, 0.717) is 18.1 Å². The molecule has 0 unspecified atom stereocenters. The topological polar surface area (TPSA) is 50.8 Å². The number of fused-ring (bicyclic) bond motifs is 1. The van der Waals surface area contributed by atoms with E-state index in [1.807, 2.05) is 29.2 Å². The SMILES string of the molecule is O=C(Nc1ccc(OC2CCCC2)cc1)N1CC[C@@H]2OCCC[C@H]2C1. The molecule has 5 nitrogen and oxygen atoms in total. The van der Waals surface area contributed by atoms with Crippen molar-refractivity contribution < 1.29 is 14.3 Å². The molecule has 0 aromatic heterocycles. The van der Waals surface area contributed by atoms with E-state index in [1.165, 1.54) is 19.3 Å². The Hall–Kier alpha value is -1.75. The first-order valence-corrected chi connectivity index (χ1v) is 9.72. The molecule has 0 spiro atoms. The van der Waals surface area contributed by atoms with Gasteiger partial charge in [0.15, 0.2) is 0 Å². The van der Waals surface area contributed by atoms with Gasteiger partial charge in [-0.25, -0.2) is 4.79 Å². The first kappa shape index (κ1) is 16.7. The van der Waals surface area contributed by atoms with Gasteiger partial charge in [-0.3, -0.25) is 0 Å². The molecule has 1 N–H and O–H groups in total. The molecule has 3 fully saturated rings. The molecule has 2 amide bonds. The summed E-state index contributed by atoms with van der Waals surface area (Å²) in [6.07, 6.45) is 8.78. The minimum absolute atomic E-state index is 0.00603. The number of carbonyl (C=O) groups is 1. The summed E-state index contributed by atoms with van der Waals surface area (Å²) >= 11 is 0. The van der Waals surface area contributed by atoms with Crippen LogP contribution in [0.2, 0.25) is 0 Å². The molecule has 2 aliphatic heterocycles. The molecule has 1 aromatic rings. The van der Waals surface area contributed by atoms with Gasteiger partial charge < -0.3 is 19.7 Å². The number of amides is 2. The lowest BCUT2D eigenvalue weighted by Gasteiger charge is -2.40. The predicted octanol–water partition coefficient (Wildman–Crippen LogP) is 4.04. The quantitative estimate of drug-likeness (QED) is 0.900. The zero-order chi connectivity index (χ0) is 17.1. The molecule has 1 aromatic carbocycles. The molecule has 2 saturated heterocycles. The number of carbonyl (C=O) groups excluding carboxylic acids is 1. The van der Waals surface area contributed by atoms with Gasteiger partial charge in [0.1, 0.15) is 5.75 Å². The largest absolute Gasteiger partial charge is 0.490 e. The van der Waals surface area contributed by atoms with E-state index in [0.717, 1.165) is 56.8 Å². The normalized spacial score (nSPS) is 27.0. The van der Waals surface area contributed by atoms with E-state index < -0.39 is 0 Å². The molecule has 25 heavy (non-hydrogen) atoms. The Labute approximate surface area is 149 Å². The number of rotatable bonds is 3. The van der Waals surface area contributed by atoms with Crippen molar-refractivity contribution in [1.29, 1.82) is 0 Å². The third-order valence-corrected chi connectivity index (χ3v) is 5.71. The number of likely N-dealkylation sites (tertiary alicyclic amines) is 1. The molecule has 2 atom stereocenters. The van der Waals surface area contributed by atoms with Gasteiger partial charge in [0.2, 0.25) is 0 Å². The molecule has 3 aliphatic rings.